The van der Waals surface area contributed by atoms with Gasteiger partial charge in [0.05, 0.1) is 5.56 Å². The van der Waals surface area contributed by atoms with Gasteiger partial charge in [0.1, 0.15) is 0 Å². The second-order valence-corrected chi connectivity index (χ2v) is 5.79. The van der Waals surface area contributed by atoms with Crippen molar-refractivity contribution in [3.63, 3.8) is 0 Å². The smallest absolute Gasteiger partial charge is 0.169 e. The van der Waals surface area contributed by atoms with Crippen LogP contribution in [0.5, 0.6) is 0 Å². The zero-order valence-electron chi connectivity index (χ0n) is 12.6. The number of Topliss-reactive ketones (excluding diaryl/α,β-unsaturated/α-hetero) is 1. The Hall–Kier alpha value is -1.33. The lowest BCUT2D eigenvalue weighted by Crippen LogP contribution is -2.42. The van der Waals surface area contributed by atoms with E-state index in [1.54, 1.807) is 0 Å². The van der Waals surface area contributed by atoms with E-state index in [4.69, 9.17) is 0 Å². The average molecular weight is 296 g/mol. The predicted octanol–water partition coefficient (Wildman–Crippen LogP) is 2.56. The molecule has 1 aliphatic rings. The van der Waals surface area contributed by atoms with Gasteiger partial charge in [-0.05, 0) is 52.2 Å². The first-order valence-electron chi connectivity index (χ1n) is 7.35. The molecule has 1 aromatic carbocycles. The fraction of sp³-hybridized carbons (Fsp3) is 0.562. The molecule has 0 radical (unpaired) electrons. The molecule has 0 saturated carbocycles. The van der Waals surface area contributed by atoms with Crippen LogP contribution in [0.1, 0.15) is 29.6 Å². The third-order valence-electron chi connectivity index (χ3n) is 4.26. The van der Waals surface area contributed by atoms with Crippen molar-refractivity contribution in [1.29, 1.82) is 0 Å². The molecular formula is C16H22F2N2O. The summed E-state index contributed by atoms with van der Waals surface area (Å²) in [6.45, 7) is 2.69. The largest absolute Gasteiger partial charge is 0.306 e. The number of benzene rings is 1. The summed E-state index contributed by atoms with van der Waals surface area (Å²) in [5.41, 5.74) is -0.147. The van der Waals surface area contributed by atoms with Crippen LogP contribution in [0.4, 0.5) is 8.78 Å². The summed E-state index contributed by atoms with van der Waals surface area (Å²) in [6.07, 6.45) is 2.37. The number of halogens is 2. The fourth-order valence-electron chi connectivity index (χ4n) is 2.75. The fourth-order valence-corrected chi connectivity index (χ4v) is 2.75. The second-order valence-electron chi connectivity index (χ2n) is 5.79. The molecular weight excluding hydrogens is 274 g/mol. The van der Waals surface area contributed by atoms with E-state index in [0.29, 0.717) is 12.6 Å². The molecule has 0 aromatic heterocycles. The summed E-state index contributed by atoms with van der Waals surface area (Å²) in [5.74, 6) is -2.35. The van der Waals surface area contributed by atoms with Crippen LogP contribution < -0.4 is 0 Å². The molecule has 0 atom stereocenters. The molecule has 0 N–H and O–H groups in total. The van der Waals surface area contributed by atoms with Crippen molar-refractivity contribution >= 4 is 5.78 Å². The molecule has 116 valence electrons. The van der Waals surface area contributed by atoms with Crippen LogP contribution >= 0.6 is 0 Å². The Morgan fingerprint density at radius 1 is 1.33 bits per heavy atom. The van der Waals surface area contributed by atoms with Gasteiger partial charge in [-0.2, -0.15) is 0 Å². The van der Waals surface area contributed by atoms with Crippen molar-refractivity contribution in [1.82, 2.24) is 9.80 Å². The van der Waals surface area contributed by atoms with Crippen molar-refractivity contribution < 1.29 is 13.6 Å². The van der Waals surface area contributed by atoms with Gasteiger partial charge in [0.15, 0.2) is 17.4 Å². The monoisotopic (exact) mass is 296 g/mol. The van der Waals surface area contributed by atoms with E-state index in [-0.39, 0.29) is 17.8 Å². The molecule has 1 aromatic rings. The number of likely N-dealkylation sites (tertiary alicyclic amines) is 1. The number of nitrogens with zero attached hydrogens (tertiary/aromatic N) is 2. The third kappa shape index (κ3) is 4.08. The van der Waals surface area contributed by atoms with E-state index in [9.17, 15) is 13.6 Å². The first-order chi connectivity index (χ1) is 9.99. The maximum absolute atomic E-state index is 13.6. The number of carbonyl (C=O) groups is 1. The molecule has 1 saturated heterocycles. The molecule has 5 heteroatoms. The van der Waals surface area contributed by atoms with Gasteiger partial charge in [0, 0.05) is 19.0 Å². The molecule has 21 heavy (non-hydrogen) atoms. The Balaban J connectivity index is 1.87. The van der Waals surface area contributed by atoms with Crippen LogP contribution in [-0.2, 0) is 0 Å². The Kier molecular flexibility index (Phi) is 5.42. The highest BCUT2D eigenvalue weighted by molar-refractivity contribution is 5.96. The van der Waals surface area contributed by atoms with E-state index >= 15 is 0 Å². The van der Waals surface area contributed by atoms with E-state index in [2.05, 4.69) is 16.8 Å². The maximum Gasteiger partial charge on any atom is 0.169 e. The number of hydrogen-bond donors (Lipinski definition) is 0. The first-order valence-corrected chi connectivity index (χ1v) is 7.35. The van der Waals surface area contributed by atoms with Gasteiger partial charge in [-0.25, -0.2) is 8.78 Å². The van der Waals surface area contributed by atoms with Gasteiger partial charge in [-0.3, -0.25) is 4.79 Å². The first kappa shape index (κ1) is 16.0. The summed E-state index contributed by atoms with van der Waals surface area (Å²) >= 11 is 0. The minimum absolute atomic E-state index is 0.147. The SMILES string of the molecule is CN1CCC(N(C)CCC(=O)c2cccc(F)c2F)CC1. The number of carbonyl (C=O) groups excluding carboxylic acids is 1. The van der Waals surface area contributed by atoms with Crippen LogP contribution in [0.15, 0.2) is 18.2 Å². The van der Waals surface area contributed by atoms with Crippen molar-refractivity contribution in [2.45, 2.75) is 25.3 Å². The van der Waals surface area contributed by atoms with Crippen LogP contribution in [-0.4, -0.2) is 55.4 Å². The number of rotatable bonds is 5. The highest BCUT2D eigenvalue weighted by atomic mass is 19.2. The van der Waals surface area contributed by atoms with Gasteiger partial charge in [0.25, 0.3) is 0 Å². The van der Waals surface area contributed by atoms with E-state index < -0.39 is 11.6 Å². The number of ketones is 1. The van der Waals surface area contributed by atoms with Crippen LogP contribution in [0.2, 0.25) is 0 Å². The Morgan fingerprint density at radius 3 is 2.67 bits per heavy atom. The Labute approximate surface area is 124 Å². The van der Waals surface area contributed by atoms with Crippen molar-refractivity contribution in [3.05, 3.63) is 35.4 Å². The molecule has 0 aliphatic carbocycles. The van der Waals surface area contributed by atoms with Gasteiger partial charge >= 0.3 is 0 Å². The average Bonchev–Trinajstić information content (AvgIpc) is 2.48. The molecule has 0 bridgehead atoms. The van der Waals surface area contributed by atoms with E-state index in [1.807, 2.05) is 7.05 Å². The van der Waals surface area contributed by atoms with E-state index in [0.717, 1.165) is 32.0 Å². The predicted molar refractivity (Wildman–Crippen MR) is 78.5 cm³/mol. The van der Waals surface area contributed by atoms with Crippen LogP contribution in [0.25, 0.3) is 0 Å². The van der Waals surface area contributed by atoms with Gasteiger partial charge in [-0.15, -0.1) is 0 Å². The highest BCUT2D eigenvalue weighted by Crippen LogP contribution is 2.16. The zero-order valence-corrected chi connectivity index (χ0v) is 12.6. The van der Waals surface area contributed by atoms with Gasteiger partial charge in [-0.1, -0.05) is 6.07 Å². The molecule has 1 heterocycles. The van der Waals surface area contributed by atoms with E-state index in [1.165, 1.54) is 12.1 Å². The third-order valence-corrected chi connectivity index (χ3v) is 4.26. The van der Waals surface area contributed by atoms with Gasteiger partial charge < -0.3 is 9.80 Å². The lowest BCUT2D eigenvalue weighted by molar-refractivity contribution is 0.0934. The summed E-state index contributed by atoms with van der Waals surface area (Å²) in [7, 11) is 4.09. The Bertz CT molecular complexity index is 499. The standard InChI is InChI=1S/C16H22F2N2O/c1-19-9-6-12(7-10-19)20(2)11-8-15(21)13-4-3-5-14(17)16(13)18/h3-5,12H,6-11H2,1-2H3. The number of piperidine rings is 1. The number of hydrogen-bond acceptors (Lipinski definition) is 3. The van der Waals surface area contributed by atoms with Crippen LogP contribution in [0, 0.1) is 11.6 Å². The molecule has 0 amide bonds. The van der Waals surface area contributed by atoms with Gasteiger partial charge in [0.2, 0.25) is 0 Å². The second kappa shape index (κ2) is 7.09. The zero-order chi connectivity index (χ0) is 15.4. The van der Waals surface area contributed by atoms with Crippen molar-refractivity contribution in [2.24, 2.45) is 0 Å². The van der Waals surface area contributed by atoms with Crippen molar-refractivity contribution in [3.8, 4) is 0 Å². The molecule has 1 fully saturated rings. The lowest BCUT2D eigenvalue weighted by atomic mass is 10.0. The summed E-state index contributed by atoms with van der Waals surface area (Å²) in [4.78, 5) is 16.5. The quantitative estimate of drug-likeness (QED) is 0.780. The maximum atomic E-state index is 13.6. The lowest BCUT2D eigenvalue weighted by Gasteiger charge is -2.35. The molecule has 0 spiro atoms. The summed E-state index contributed by atoms with van der Waals surface area (Å²) in [6, 6.07) is 4.20. The summed E-state index contributed by atoms with van der Waals surface area (Å²) in [5, 5.41) is 0. The molecule has 1 aliphatic heterocycles. The Morgan fingerprint density at radius 2 is 2.00 bits per heavy atom. The summed E-state index contributed by atoms with van der Waals surface area (Å²) < 4.78 is 26.7. The molecule has 3 nitrogen and oxygen atoms in total. The normalized spacial score (nSPS) is 17.4. The highest BCUT2D eigenvalue weighted by Gasteiger charge is 2.21. The van der Waals surface area contributed by atoms with Crippen molar-refractivity contribution in [2.75, 3.05) is 33.7 Å². The minimum atomic E-state index is -1.04. The van der Waals surface area contributed by atoms with Crippen LogP contribution in [0.3, 0.4) is 0 Å². The minimum Gasteiger partial charge on any atom is -0.306 e. The molecule has 2 rings (SSSR count). The topological polar surface area (TPSA) is 23.6 Å². The molecule has 0 unspecified atom stereocenters.